The molecule has 0 fully saturated rings. The predicted molar refractivity (Wildman–Crippen MR) is 96.1 cm³/mol. The Labute approximate surface area is 153 Å². The van der Waals surface area contributed by atoms with Gasteiger partial charge in [0.1, 0.15) is 0 Å². The number of esters is 1. The molecule has 1 heterocycles. The molecule has 0 saturated carbocycles. The Morgan fingerprint density at radius 1 is 1.28 bits per heavy atom. The maximum atomic E-state index is 12.3. The first kappa shape index (κ1) is 19.1. The van der Waals surface area contributed by atoms with Gasteiger partial charge in [-0.05, 0) is 31.2 Å². The maximum absolute atomic E-state index is 12.3. The van der Waals surface area contributed by atoms with Crippen LogP contribution in [-0.4, -0.2) is 32.9 Å². The average Bonchev–Trinajstić information content (AvgIpc) is 2.62. The van der Waals surface area contributed by atoms with Gasteiger partial charge in [0.2, 0.25) is 0 Å². The van der Waals surface area contributed by atoms with Gasteiger partial charge < -0.3 is 10.1 Å². The molecule has 0 bridgehead atoms. The SMILES string of the molecule is CCS(=O)c1ccccc1C(=O)OC(C)C(=O)Nc1cccnc1Cl. The van der Waals surface area contributed by atoms with Crippen molar-refractivity contribution in [2.75, 3.05) is 11.1 Å². The van der Waals surface area contributed by atoms with E-state index in [1.54, 1.807) is 37.3 Å². The van der Waals surface area contributed by atoms with Crippen LogP contribution in [-0.2, 0) is 20.3 Å². The molecule has 1 amide bonds. The van der Waals surface area contributed by atoms with E-state index >= 15 is 0 Å². The number of carbonyl (C=O) groups excluding carboxylic acids is 2. The minimum Gasteiger partial charge on any atom is -0.449 e. The molecule has 8 heteroatoms. The Bertz CT molecular complexity index is 813. The normalized spacial score (nSPS) is 12.9. The third-order valence-corrected chi connectivity index (χ3v) is 4.96. The van der Waals surface area contributed by atoms with Crippen LogP contribution in [0.1, 0.15) is 24.2 Å². The van der Waals surface area contributed by atoms with Gasteiger partial charge in [-0.3, -0.25) is 9.00 Å². The summed E-state index contributed by atoms with van der Waals surface area (Å²) in [5, 5.41) is 2.68. The summed E-state index contributed by atoms with van der Waals surface area (Å²) in [7, 11) is -1.31. The molecule has 1 aromatic heterocycles. The summed E-state index contributed by atoms with van der Waals surface area (Å²) in [6.07, 6.45) is 0.429. The number of halogens is 1. The predicted octanol–water partition coefficient (Wildman–Crippen LogP) is 3.05. The van der Waals surface area contributed by atoms with Gasteiger partial charge in [-0.25, -0.2) is 9.78 Å². The van der Waals surface area contributed by atoms with Crippen molar-refractivity contribution in [1.29, 1.82) is 0 Å². The number of pyridine rings is 1. The molecular weight excluding hydrogens is 364 g/mol. The molecule has 2 unspecified atom stereocenters. The molecule has 1 aromatic carbocycles. The van der Waals surface area contributed by atoms with E-state index < -0.39 is 28.8 Å². The van der Waals surface area contributed by atoms with Gasteiger partial charge in [-0.15, -0.1) is 0 Å². The zero-order valence-corrected chi connectivity index (χ0v) is 15.3. The number of nitrogens with one attached hydrogen (secondary N) is 1. The van der Waals surface area contributed by atoms with Crippen LogP contribution in [0, 0.1) is 0 Å². The molecule has 2 aromatic rings. The average molecular weight is 381 g/mol. The fraction of sp³-hybridized carbons (Fsp3) is 0.235. The zero-order valence-electron chi connectivity index (χ0n) is 13.7. The van der Waals surface area contributed by atoms with Crippen LogP contribution < -0.4 is 5.32 Å². The van der Waals surface area contributed by atoms with Gasteiger partial charge in [0, 0.05) is 11.9 Å². The Hall–Kier alpha value is -2.25. The molecule has 25 heavy (non-hydrogen) atoms. The molecule has 0 spiro atoms. The summed E-state index contributed by atoms with van der Waals surface area (Å²) in [4.78, 5) is 28.8. The summed E-state index contributed by atoms with van der Waals surface area (Å²) in [6.45, 7) is 3.20. The molecule has 6 nitrogen and oxygen atoms in total. The smallest absolute Gasteiger partial charge is 0.340 e. The second kappa shape index (κ2) is 8.73. The number of aromatic nitrogens is 1. The molecule has 0 radical (unpaired) electrons. The lowest BCUT2D eigenvalue weighted by atomic mass is 10.2. The van der Waals surface area contributed by atoms with E-state index in [1.165, 1.54) is 19.2 Å². The first-order valence-corrected chi connectivity index (χ1v) is 9.23. The number of rotatable bonds is 6. The summed E-state index contributed by atoms with van der Waals surface area (Å²) in [5.74, 6) is -0.880. The van der Waals surface area contributed by atoms with E-state index in [2.05, 4.69) is 10.3 Å². The van der Waals surface area contributed by atoms with Gasteiger partial charge in [0.05, 0.1) is 26.9 Å². The summed E-state index contributed by atoms with van der Waals surface area (Å²) in [6, 6.07) is 9.67. The van der Waals surface area contributed by atoms with Crippen molar-refractivity contribution in [1.82, 2.24) is 4.98 Å². The topological polar surface area (TPSA) is 85.4 Å². The highest BCUT2D eigenvalue weighted by Crippen LogP contribution is 2.19. The van der Waals surface area contributed by atoms with Crippen LogP contribution in [0.5, 0.6) is 0 Å². The maximum Gasteiger partial charge on any atom is 0.340 e. The zero-order chi connectivity index (χ0) is 18.4. The van der Waals surface area contributed by atoms with E-state index in [4.69, 9.17) is 16.3 Å². The first-order chi connectivity index (χ1) is 11.9. The molecule has 0 aliphatic carbocycles. The standard InChI is InChI=1S/C17H17ClN2O4S/c1-3-25(23)14-9-5-4-7-12(14)17(22)24-11(2)16(21)20-13-8-6-10-19-15(13)18/h4-11H,3H2,1-2H3,(H,20,21). The van der Waals surface area contributed by atoms with Gasteiger partial charge in [-0.1, -0.05) is 30.7 Å². The summed E-state index contributed by atoms with van der Waals surface area (Å²) >= 11 is 5.88. The van der Waals surface area contributed by atoms with E-state index in [0.717, 1.165) is 0 Å². The van der Waals surface area contributed by atoms with Crippen LogP contribution in [0.15, 0.2) is 47.5 Å². The van der Waals surface area contributed by atoms with E-state index in [-0.39, 0.29) is 10.7 Å². The monoisotopic (exact) mass is 380 g/mol. The van der Waals surface area contributed by atoms with Crippen LogP contribution >= 0.6 is 11.6 Å². The van der Waals surface area contributed by atoms with E-state index in [0.29, 0.717) is 16.3 Å². The van der Waals surface area contributed by atoms with Gasteiger partial charge in [0.15, 0.2) is 11.3 Å². The highest BCUT2D eigenvalue weighted by Gasteiger charge is 2.22. The molecule has 0 aliphatic heterocycles. The van der Waals surface area contributed by atoms with E-state index in [1.807, 2.05) is 0 Å². The highest BCUT2D eigenvalue weighted by atomic mass is 35.5. The Morgan fingerprint density at radius 3 is 2.68 bits per heavy atom. The third-order valence-electron chi connectivity index (χ3n) is 3.28. The van der Waals surface area contributed by atoms with Crippen LogP contribution in [0.2, 0.25) is 5.15 Å². The van der Waals surface area contributed by atoms with Gasteiger partial charge >= 0.3 is 5.97 Å². The van der Waals surface area contributed by atoms with Crippen molar-refractivity contribution in [2.24, 2.45) is 0 Å². The minimum atomic E-state index is -1.31. The molecule has 2 rings (SSSR count). The van der Waals surface area contributed by atoms with Crippen LogP contribution in [0.3, 0.4) is 0 Å². The second-order valence-corrected chi connectivity index (χ2v) is 7.08. The van der Waals surface area contributed by atoms with Crippen LogP contribution in [0.25, 0.3) is 0 Å². The van der Waals surface area contributed by atoms with Crippen molar-refractivity contribution in [3.05, 3.63) is 53.3 Å². The fourth-order valence-electron chi connectivity index (χ4n) is 1.98. The molecular formula is C17H17ClN2O4S. The Morgan fingerprint density at radius 2 is 2.00 bits per heavy atom. The molecule has 132 valence electrons. The number of carbonyl (C=O) groups is 2. The van der Waals surface area contributed by atoms with Crippen molar-refractivity contribution >= 4 is 40.0 Å². The first-order valence-electron chi connectivity index (χ1n) is 7.53. The molecule has 2 atom stereocenters. The Balaban J connectivity index is 2.09. The number of hydrogen-bond acceptors (Lipinski definition) is 5. The lowest BCUT2D eigenvalue weighted by molar-refractivity contribution is -0.123. The number of ether oxygens (including phenoxy) is 1. The minimum absolute atomic E-state index is 0.137. The lowest BCUT2D eigenvalue weighted by Gasteiger charge is -2.15. The van der Waals surface area contributed by atoms with Crippen molar-refractivity contribution in [3.8, 4) is 0 Å². The van der Waals surface area contributed by atoms with E-state index in [9.17, 15) is 13.8 Å². The third kappa shape index (κ3) is 4.87. The highest BCUT2D eigenvalue weighted by molar-refractivity contribution is 7.85. The molecule has 1 N–H and O–H groups in total. The summed E-state index contributed by atoms with van der Waals surface area (Å²) in [5.41, 5.74) is 0.506. The number of anilines is 1. The fourth-order valence-corrected chi connectivity index (χ4v) is 3.09. The van der Waals surface area contributed by atoms with Crippen molar-refractivity contribution in [3.63, 3.8) is 0 Å². The lowest BCUT2D eigenvalue weighted by Crippen LogP contribution is -2.30. The Kier molecular flexibility index (Phi) is 6.66. The van der Waals surface area contributed by atoms with Crippen molar-refractivity contribution < 1.29 is 18.5 Å². The van der Waals surface area contributed by atoms with Gasteiger partial charge in [-0.2, -0.15) is 0 Å². The number of amides is 1. The van der Waals surface area contributed by atoms with Crippen LogP contribution in [0.4, 0.5) is 5.69 Å². The van der Waals surface area contributed by atoms with Gasteiger partial charge in [0.25, 0.3) is 5.91 Å². The number of benzene rings is 1. The number of hydrogen-bond donors (Lipinski definition) is 1. The van der Waals surface area contributed by atoms with Crippen molar-refractivity contribution in [2.45, 2.75) is 24.8 Å². The largest absolute Gasteiger partial charge is 0.449 e. The molecule has 0 saturated heterocycles. The quantitative estimate of drug-likeness (QED) is 0.615. The molecule has 0 aliphatic rings. The summed E-state index contributed by atoms with van der Waals surface area (Å²) < 4.78 is 17.2. The second-order valence-electron chi connectivity index (χ2n) is 5.01. The number of nitrogens with zero attached hydrogens (tertiary/aromatic N) is 1.